The summed E-state index contributed by atoms with van der Waals surface area (Å²) in [7, 11) is -2.62. The number of aromatic nitrogens is 5. The predicted octanol–water partition coefficient (Wildman–Crippen LogP) is 6.58. The molecule has 3 fully saturated rings. The van der Waals surface area contributed by atoms with E-state index in [1.54, 1.807) is 36.7 Å². The fourth-order valence-corrected chi connectivity index (χ4v) is 10.0. The molecule has 0 amide bonds. The van der Waals surface area contributed by atoms with E-state index in [-0.39, 0.29) is 28.2 Å². The molecule has 4 heterocycles. The normalized spacial score (nSPS) is 20.3. The van der Waals surface area contributed by atoms with Crippen molar-refractivity contribution in [1.82, 2.24) is 28.2 Å². The minimum atomic E-state index is -4.88. The molecule has 50 heavy (non-hydrogen) atoms. The highest BCUT2D eigenvalue weighted by atomic mass is 32.2. The topological polar surface area (TPSA) is 95.0 Å². The number of nitrogens with zero attached hydrogens (tertiary/aromatic N) is 6. The van der Waals surface area contributed by atoms with Crippen LogP contribution in [0, 0.1) is 18.3 Å². The Morgan fingerprint density at radius 3 is 2.42 bits per heavy atom. The van der Waals surface area contributed by atoms with Gasteiger partial charge in [-0.1, -0.05) is 36.8 Å². The van der Waals surface area contributed by atoms with Crippen LogP contribution in [-0.2, 0) is 35.2 Å². The Morgan fingerprint density at radius 2 is 1.78 bits per heavy atom. The van der Waals surface area contributed by atoms with Crippen molar-refractivity contribution >= 4 is 20.9 Å². The first-order chi connectivity index (χ1) is 23.7. The molecule has 9 nitrogen and oxygen atoms in total. The van der Waals surface area contributed by atoms with Crippen LogP contribution in [-0.4, -0.2) is 49.7 Å². The second kappa shape index (κ2) is 11.4. The van der Waals surface area contributed by atoms with Crippen molar-refractivity contribution in [1.29, 1.82) is 0 Å². The van der Waals surface area contributed by atoms with Crippen molar-refractivity contribution in [3.05, 3.63) is 106 Å². The van der Waals surface area contributed by atoms with Crippen LogP contribution in [0.5, 0.6) is 0 Å². The van der Waals surface area contributed by atoms with Gasteiger partial charge in [-0.15, -0.1) is 10.2 Å². The molecule has 2 aromatic carbocycles. The van der Waals surface area contributed by atoms with Crippen molar-refractivity contribution in [3.8, 4) is 5.69 Å². The number of benzene rings is 2. The van der Waals surface area contributed by atoms with E-state index in [0.29, 0.717) is 19.0 Å². The molecule has 13 heteroatoms. The third-order valence-electron chi connectivity index (χ3n) is 11.1. The lowest BCUT2D eigenvalue weighted by molar-refractivity contribution is -0.136. The van der Waals surface area contributed by atoms with Crippen molar-refractivity contribution in [2.45, 2.75) is 75.4 Å². The van der Waals surface area contributed by atoms with E-state index in [0.717, 1.165) is 70.2 Å². The van der Waals surface area contributed by atoms with Crippen LogP contribution in [0.2, 0.25) is 0 Å². The van der Waals surface area contributed by atoms with Gasteiger partial charge in [0.15, 0.2) is 0 Å². The summed E-state index contributed by atoms with van der Waals surface area (Å²) >= 11 is 0. The minimum Gasteiger partial charge on any atom is -0.320 e. The molecule has 0 N–H and O–H groups in total. The van der Waals surface area contributed by atoms with E-state index >= 15 is 13.2 Å². The van der Waals surface area contributed by atoms with E-state index in [1.165, 1.54) is 18.2 Å². The van der Waals surface area contributed by atoms with Gasteiger partial charge in [0.1, 0.15) is 17.7 Å². The molecule has 0 bridgehead atoms. The van der Waals surface area contributed by atoms with Crippen LogP contribution in [0.25, 0.3) is 16.6 Å². The van der Waals surface area contributed by atoms with Gasteiger partial charge in [-0.05, 0) is 99.2 Å². The molecule has 0 radical (unpaired) electrons. The van der Waals surface area contributed by atoms with E-state index < -0.39 is 43.6 Å². The summed E-state index contributed by atoms with van der Waals surface area (Å²) in [4.78, 5) is 16.6. The Balaban J connectivity index is 1.35. The minimum absolute atomic E-state index is 0.0817. The number of alkyl halides is 3. The number of fused-ring (bicyclic) bond motifs is 1. The van der Waals surface area contributed by atoms with Gasteiger partial charge in [0, 0.05) is 43.1 Å². The maximum Gasteiger partial charge on any atom is 0.418 e. The SMILES string of the molecule is Cc1ccc(S(=O)(=O)n2c(CN3CCC[C@H](C)C3)cc3c(C(F)(F)F)cn(-c4cccc(C5(c6nncn6C)CC6(CC6)C5)c4)c(=O)c32)cc1. The third kappa shape index (κ3) is 5.31. The molecule has 1 spiro atoms. The lowest BCUT2D eigenvalue weighted by Gasteiger charge is -2.48. The van der Waals surface area contributed by atoms with Crippen LogP contribution in [0.3, 0.4) is 0 Å². The van der Waals surface area contributed by atoms with Gasteiger partial charge in [-0.3, -0.25) is 14.3 Å². The summed E-state index contributed by atoms with van der Waals surface area (Å²) in [6.07, 6.45) is 3.36. The van der Waals surface area contributed by atoms with Gasteiger partial charge in [-0.25, -0.2) is 12.4 Å². The second-order valence-corrected chi connectivity index (χ2v) is 16.7. The summed E-state index contributed by atoms with van der Waals surface area (Å²) in [5.74, 6) is 1.11. The quantitative estimate of drug-likeness (QED) is 0.190. The standard InChI is InChI=1S/C37H39F3N6O3S/c1-24-9-11-29(12-10-24)50(48,49)46-28(19-44-15-5-6-25(2)18-44)17-30-31(37(38,39)40)20-45(33(47)32(30)46)27-8-4-7-26(16-27)36(21-35(22-36)13-14-35)34-42-41-23-43(34)3/h4,7-12,16-17,20,23,25H,5-6,13-15,18-19,21-22H2,1-3H3/t25-/m0/s1. The molecule has 3 aliphatic rings. The van der Waals surface area contributed by atoms with Crippen LogP contribution in [0.1, 0.15) is 73.7 Å². The summed E-state index contributed by atoms with van der Waals surface area (Å²) in [6.45, 7) is 5.34. The number of rotatable bonds is 7. The number of piperidine rings is 1. The van der Waals surface area contributed by atoms with Crippen LogP contribution in [0.4, 0.5) is 13.2 Å². The highest BCUT2D eigenvalue weighted by Crippen LogP contribution is 2.70. The summed E-state index contributed by atoms with van der Waals surface area (Å²) in [5.41, 5.74) is -0.739. The molecule has 8 rings (SSSR count). The van der Waals surface area contributed by atoms with Gasteiger partial charge in [0.2, 0.25) is 0 Å². The average Bonchev–Trinajstić information content (AvgIpc) is 3.56. The molecule has 2 saturated carbocycles. The zero-order valence-corrected chi connectivity index (χ0v) is 29.1. The van der Waals surface area contributed by atoms with Gasteiger partial charge in [-0.2, -0.15) is 13.2 Å². The lowest BCUT2D eigenvalue weighted by atomic mass is 9.56. The van der Waals surface area contributed by atoms with Gasteiger partial charge >= 0.3 is 6.18 Å². The number of hydrogen-bond acceptors (Lipinski definition) is 6. The fraction of sp³-hybridized carbons (Fsp3) is 0.432. The second-order valence-electron chi connectivity index (χ2n) is 14.9. The average molecular weight is 705 g/mol. The highest BCUT2D eigenvalue weighted by molar-refractivity contribution is 7.90. The van der Waals surface area contributed by atoms with Crippen molar-refractivity contribution in [3.63, 3.8) is 0 Å². The molecule has 5 aromatic rings. The zero-order chi connectivity index (χ0) is 35.2. The molecular weight excluding hydrogens is 666 g/mol. The summed E-state index contributed by atoms with van der Waals surface area (Å²) < 4.78 is 77.7. The molecule has 262 valence electrons. The number of pyridine rings is 1. The Kier molecular flexibility index (Phi) is 7.51. The summed E-state index contributed by atoms with van der Waals surface area (Å²) in [5, 5.41) is 8.11. The van der Waals surface area contributed by atoms with Crippen LogP contribution >= 0.6 is 0 Å². The Bertz CT molecular complexity index is 2290. The zero-order valence-electron chi connectivity index (χ0n) is 28.2. The molecule has 1 aliphatic heterocycles. The third-order valence-corrected chi connectivity index (χ3v) is 12.9. The lowest BCUT2D eigenvalue weighted by Crippen LogP contribution is -2.45. The molecular formula is C37H39F3N6O3S. The van der Waals surface area contributed by atoms with Gasteiger partial charge in [0.25, 0.3) is 15.6 Å². The first-order valence-electron chi connectivity index (χ1n) is 17.1. The van der Waals surface area contributed by atoms with Gasteiger partial charge in [0.05, 0.1) is 15.9 Å². The fourth-order valence-electron chi connectivity index (χ4n) is 8.52. The monoisotopic (exact) mass is 704 g/mol. The number of likely N-dealkylation sites (tertiary alicyclic amines) is 1. The summed E-state index contributed by atoms with van der Waals surface area (Å²) in [6, 6.07) is 14.4. The van der Waals surface area contributed by atoms with Gasteiger partial charge < -0.3 is 4.57 Å². The van der Waals surface area contributed by atoms with E-state index in [4.69, 9.17) is 0 Å². The smallest absolute Gasteiger partial charge is 0.320 e. The molecule has 1 atom stereocenters. The predicted molar refractivity (Wildman–Crippen MR) is 183 cm³/mol. The van der Waals surface area contributed by atoms with E-state index in [1.807, 2.05) is 24.6 Å². The Morgan fingerprint density at radius 1 is 1.04 bits per heavy atom. The maximum atomic E-state index is 15.0. The number of halogens is 3. The Hall–Kier alpha value is -4.23. The van der Waals surface area contributed by atoms with E-state index in [2.05, 4.69) is 22.0 Å². The molecule has 3 aromatic heterocycles. The first kappa shape index (κ1) is 32.9. The maximum absolute atomic E-state index is 15.0. The van der Waals surface area contributed by atoms with Crippen LogP contribution in [0.15, 0.2) is 76.8 Å². The molecule has 0 unspecified atom stereocenters. The van der Waals surface area contributed by atoms with Crippen LogP contribution < -0.4 is 5.56 Å². The molecule has 2 aliphatic carbocycles. The molecule has 1 saturated heterocycles. The largest absolute Gasteiger partial charge is 0.418 e. The highest BCUT2D eigenvalue weighted by Gasteiger charge is 2.63. The number of hydrogen-bond donors (Lipinski definition) is 0. The van der Waals surface area contributed by atoms with Crippen molar-refractivity contribution < 1.29 is 21.6 Å². The van der Waals surface area contributed by atoms with E-state index in [9.17, 15) is 13.2 Å². The van der Waals surface area contributed by atoms with Crippen molar-refractivity contribution in [2.24, 2.45) is 18.4 Å². The van der Waals surface area contributed by atoms with Crippen molar-refractivity contribution in [2.75, 3.05) is 13.1 Å². The Labute approximate surface area is 288 Å². The first-order valence-corrected chi connectivity index (χ1v) is 18.5. The number of aryl methyl sites for hydroxylation is 2.